The maximum Gasteiger partial charge on any atom is 0.252 e. The van der Waals surface area contributed by atoms with Crippen molar-refractivity contribution in [2.45, 2.75) is 109 Å². The molecule has 52 heavy (non-hydrogen) atoms. The number of aromatic amines is 1. The molecule has 1 aromatic heterocycles. The molecule has 7 atom stereocenters. The molecule has 3 N–H and O–H groups in total. The van der Waals surface area contributed by atoms with Crippen molar-refractivity contribution in [3.63, 3.8) is 0 Å². The lowest BCUT2D eigenvalue weighted by atomic mass is 9.45. The number of nitrogens with one attached hydrogen (secondary N) is 3. The van der Waals surface area contributed by atoms with Crippen LogP contribution in [0, 0.1) is 40.3 Å². The minimum absolute atomic E-state index is 0.0794. The molecule has 0 bridgehead atoms. The summed E-state index contributed by atoms with van der Waals surface area (Å²) in [5, 5.41) is 7.22. The van der Waals surface area contributed by atoms with Gasteiger partial charge in [-0.3, -0.25) is 4.79 Å². The summed E-state index contributed by atoms with van der Waals surface area (Å²) in [4.78, 5) is 15.9. The van der Waals surface area contributed by atoms with Crippen LogP contribution in [0.5, 0.6) is 0 Å². The highest BCUT2D eigenvalue weighted by molar-refractivity contribution is 6.10. The van der Waals surface area contributed by atoms with E-state index in [-0.39, 0.29) is 35.5 Å². The van der Waals surface area contributed by atoms with E-state index >= 15 is 0 Å². The van der Waals surface area contributed by atoms with Crippen molar-refractivity contribution in [1.29, 1.82) is 0 Å². The van der Waals surface area contributed by atoms with Crippen molar-refractivity contribution < 1.29 is 27.4 Å². The van der Waals surface area contributed by atoms with Crippen LogP contribution in [-0.4, -0.2) is 55.8 Å². The van der Waals surface area contributed by atoms with E-state index in [2.05, 4.69) is 53.7 Å². The number of benzene rings is 2. The number of rotatable bonds is 12. The summed E-state index contributed by atoms with van der Waals surface area (Å²) in [6, 6.07) is 11.2. The van der Waals surface area contributed by atoms with E-state index in [1.165, 1.54) is 37.0 Å². The van der Waals surface area contributed by atoms with E-state index in [4.69, 9.17) is 9.47 Å². The van der Waals surface area contributed by atoms with Crippen molar-refractivity contribution in [3.8, 4) is 11.3 Å². The van der Waals surface area contributed by atoms with Crippen LogP contribution >= 0.6 is 0 Å². The Morgan fingerprint density at radius 1 is 0.904 bits per heavy atom. The van der Waals surface area contributed by atoms with Crippen LogP contribution in [0.1, 0.15) is 106 Å². The number of alkyl halides is 2. The largest absolute Gasteiger partial charge is 0.381 e. The molecule has 0 spiro atoms. The summed E-state index contributed by atoms with van der Waals surface area (Å²) in [5.74, 6) is -0.973. The molecule has 3 aromatic rings. The van der Waals surface area contributed by atoms with Gasteiger partial charge in [-0.15, -0.1) is 0 Å². The van der Waals surface area contributed by atoms with Gasteiger partial charge in [-0.25, -0.2) is 13.2 Å². The lowest BCUT2D eigenvalue weighted by Crippen LogP contribution is -2.55. The number of carbonyl (C=O) groups is 1. The van der Waals surface area contributed by atoms with Gasteiger partial charge in [0, 0.05) is 62.3 Å². The SMILES string of the molecule is CC12CCC(F)(F)C[C@@H]1CC[C@@H]1[C@@H]2CC[C@]2(C)[C@@H](OCCCOCCCNCc3ccc(-c4[nH]c5cc(F)cc6c5c4CCNC6=O)cc3)CC[C@@H]12. The molecule has 4 saturated carbocycles. The summed E-state index contributed by atoms with van der Waals surface area (Å²) in [6.07, 6.45) is 10.5. The second kappa shape index (κ2) is 14.4. The van der Waals surface area contributed by atoms with Gasteiger partial charge in [-0.1, -0.05) is 38.1 Å². The summed E-state index contributed by atoms with van der Waals surface area (Å²) < 4.78 is 55.4. The number of fused-ring (bicyclic) bond motifs is 5. The first kappa shape index (κ1) is 36.1. The van der Waals surface area contributed by atoms with E-state index in [9.17, 15) is 18.0 Å². The first-order valence-electron chi connectivity index (χ1n) is 20.1. The summed E-state index contributed by atoms with van der Waals surface area (Å²) >= 11 is 0. The van der Waals surface area contributed by atoms with Crippen LogP contribution in [0.3, 0.4) is 0 Å². The van der Waals surface area contributed by atoms with Gasteiger partial charge in [-0.05, 0) is 134 Å². The third-order valence-corrected chi connectivity index (χ3v) is 14.4. The molecule has 282 valence electrons. The molecule has 8 rings (SSSR count). The van der Waals surface area contributed by atoms with Gasteiger partial charge in [0.25, 0.3) is 5.91 Å². The fourth-order valence-corrected chi connectivity index (χ4v) is 11.6. The zero-order chi connectivity index (χ0) is 36.1. The standard InChI is InChI=1S/C43H56F3N3O3/c1-41-16-17-43(45,46)25-29(41)9-10-31-34-11-12-37(42(34,2)15-13-35(31)41)52-22-4-21-51-20-3-18-47-26-27-5-7-28(8-6-27)39-32-14-19-48-40(50)33-23-30(44)24-36(49-39)38(32)33/h5-8,23-24,29,31,34-35,37,47,49H,3-4,9-22,25-26H2,1-2H3,(H,48,50)/t29-,31-,34-,35-,37-,41?,42-/m0/s1. The fourth-order valence-electron chi connectivity index (χ4n) is 11.6. The fraction of sp³-hybridized carbons (Fsp3) is 0.651. The molecule has 5 aliphatic rings. The Bertz CT molecular complexity index is 1760. The number of hydrogen-bond donors (Lipinski definition) is 3. The zero-order valence-electron chi connectivity index (χ0n) is 30.9. The lowest BCUT2D eigenvalue weighted by molar-refractivity contribution is -0.169. The number of hydrogen-bond acceptors (Lipinski definition) is 4. The van der Waals surface area contributed by atoms with Gasteiger partial charge in [0.05, 0.1) is 11.7 Å². The van der Waals surface area contributed by atoms with Crippen molar-refractivity contribution in [1.82, 2.24) is 15.6 Å². The highest BCUT2D eigenvalue weighted by Crippen LogP contribution is 2.67. The van der Waals surface area contributed by atoms with Crippen LogP contribution in [0.4, 0.5) is 13.2 Å². The summed E-state index contributed by atoms with van der Waals surface area (Å²) in [5.41, 5.74) is 5.56. The van der Waals surface area contributed by atoms with Crippen LogP contribution in [-0.2, 0) is 22.4 Å². The molecule has 9 heteroatoms. The highest BCUT2D eigenvalue weighted by atomic mass is 19.3. The lowest BCUT2D eigenvalue weighted by Gasteiger charge is -2.61. The van der Waals surface area contributed by atoms with Gasteiger partial charge >= 0.3 is 0 Å². The van der Waals surface area contributed by atoms with Gasteiger partial charge in [0.1, 0.15) is 5.82 Å². The maximum atomic E-state index is 14.3. The molecule has 2 aromatic carbocycles. The number of H-pyrrole nitrogens is 1. The molecule has 1 aliphatic heterocycles. The van der Waals surface area contributed by atoms with E-state index < -0.39 is 11.7 Å². The molecule has 0 radical (unpaired) electrons. The van der Waals surface area contributed by atoms with Gasteiger partial charge in [-0.2, -0.15) is 0 Å². The Kier molecular flexibility index (Phi) is 10.0. The van der Waals surface area contributed by atoms with Crippen LogP contribution in [0.2, 0.25) is 0 Å². The van der Waals surface area contributed by atoms with Crippen LogP contribution < -0.4 is 10.6 Å². The quantitative estimate of drug-likeness (QED) is 0.163. The van der Waals surface area contributed by atoms with Gasteiger partial charge in [0.2, 0.25) is 5.92 Å². The van der Waals surface area contributed by atoms with Crippen molar-refractivity contribution in [2.75, 3.05) is 32.9 Å². The average molecular weight is 720 g/mol. The smallest absolute Gasteiger partial charge is 0.252 e. The molecular weight excluding hydrogens is 663 g/mol. The van der Waals surface area contributed by atoms with E-state index in [0.717, 1.165) is 74.0 Å². The summed E-state index contributed by atoms with van der Waals surface area (Å²) in [6.45, 7) is 9.13. The molecule has 1 unspecified atom stereocenters. The predicted octanol–water partition coefficient (Wildman–Crippen LogP) is 9.21. The maximum absolute atomic E-state index is 14.3. The third kappa shape index (κ3) is 6.72. The second-order valence-electron chi connectivity index (χ2n) is 17.3. The van der Waals surface area contributed by atoms with E-state index in [0.29, 0.717) is 67.5 Å². The number of ether oxygens (including phenoxy) is 2. The van der Waals surface area contributed by atoms with Crippen LogP contribution in [0.15, 0.2) is 36.4 Å². The number of carbonyl (C=O) groups excluding carboxylic acids is 1. The van der Waals surface area contributed by atoms with E-state index in [1.54, 1.807) is 0 Å². The minimum Gasteiger partial charge on any atom is -0.381 e. The van der Waals surface area contributed by atoms with E-state index in [1.807, 2.05) is 0 Å². The van der Waals surface area contributed by atoms with Gasteiger partial charge < -0.3 is 25.1 Å². The Labute approximate surface area is 306 Å². The number of halogens is 3. The Hall–Kier alpha value is -2.88. The Balaban J connectivity index is 0.731. The van der Waals surface area contributed by atoms with Crippen molar-refractivity contribution in [3.05, 3.63) is 58.9 Å². The molecule has 4 aliphatic carbocycles. The Morgan fingerprint density at radius 3 is 2.56 bits per heavy atom. The molecule has 6 nitrogen and oxygen atoms in total. The normalized spacial score (nSPS) is 32.2. The minimum atomic E-state index is -2.46. The predicted molar refractivity (Wildman–Crippen MR) is 198 cm³/mol. The molecule has 0 saturated heterocycles. The van der Waals surface area contributed by atoms with Crippen molar-refractivity contribution >= 4 is 16.8 Å². The van der Waals surface area contributed by atoms with Crippen LogP contribution in [0.25, 0.3) is 22.2 Å². The molecule has 4 fully saturated rings. The zero-order valence-corrected chi connectivity index (χ0v) is 30.9. The highest BCUT2D eigenvalue weighted by Gasteiger charge is 2.62. The van der Waals surface area contributed by atoms with Gasteiger partial charge in [0.15, 0.2) is 0 Å². The topological polar surface area (TPSA) is 75.4 Å². The summed E-state index contributed by atoms with van der Waals surface area (Å²) in [7, 11) is 0. The first-order chi connectivity index (χ1) is 25.1. The second-order valence-corrected chi connectivity index (χ2v) is 17.3. The molecular formula is C43H56F3N3O3. The Morgan fingerprint density at radius 2 is 1.71 bits per heavy atom. The first-order valence-corrected chi connectivity index (χ1v) is 20.1. The molecule has 2 heterocycles. The van der Waals surface area contributed by atoms with Crippen molar-refractivity contribution in [2.24, 2.45) is 34.5 Å². The average Bonchev–Trinajstić information content (AvgIpc) is 3.60. The number of aromatic nitrogens is 1. The monoisotopic (exact) mass is 719 g/mol. The molecule has 1 amide bonds. The third-order valence-electron chi connectivity index (χ3n) is 14.4. The number of amides is 1.